The first-order valence-electron chi connectivity index (χ1n) is 7.73. The lowest BCUT2D eigenvalue weighted by Crippen LogP contribution is -2.43. The maximum atomic E-state index is 12.9. The molecule has 2 aromatic rings. The van der Waals surface area contributed by atoms with Crippen LogP contribution in [0.4, 0.5) is 0 Å². The number of halogens is 1. The third kappa shape index (κ3) is 3.76. The Hall–Kier alpha value is -1.92. The van der Waals surface area contributed by atoms with Crippen LogP contribution >= 0.6 is 22.9 Å². The topological polar surface area (TPSA) is 54.8 Å². The van der Waals surface area contributed by atoms with Crippen LogP contribution in [-0.2, 0) is 16.2 Å². The highest BCUT2D eigenvalue weighted by Gasteiger charge is 2.34. The lowest BCUT2D eigenvalue weighted by molar-refractivity contribution is -0.144. The van der Waals surface area contributed by atoms with Crippen molar-refractivity contribution in [2.24, 2.45) is 5.16 Å². The quantitative estimate of drug-likeness (QED) is 0.813. The van der Waals surface area contributed by atoms with Gasteiger partial charge in [0.05, 0.1) is 21.5 Å². The number of hydrogen-bond donors (Lipinski definition) is 0. The Bertz CT molecular complexity index is 745. The first-order valence-corrected chi connectivity index (χ1v) is 8.93. The predicted molar refractivity (Wildman–Crippen MR) is 95.3 cm³/mol. The van der Waals surface area contributed by atoms with Crippen molar-refractivity contribution < 1.29 is 9.63 Å². The number of hydrogen-bond acceptors (Lipinski definition) is 5. The van der Waals surface area contributed by atoms with Gasteiger partial charge in [-0.15, -0.1) is 11.3 Å². The van der Waals surface area contributed by atoms with Crippen LogP contribution in [0.5, 0.6) is 0 Å². The summed E-state index contributed by atoms with van der Waals surface area (Å²) in [5.41, 5.74) is 1.62. The Balaban J connectivity index is 1.68. The highest BCUT2D eigenvalue weighted by atomic mass is 35.5. The van der Waals surface area contributed by atoms with Gasteiger partial charge in [-0.1, -0.05) is 22.8 Å². The van der Waals surface area contributed by atoms with Gasteiger partial charge in [-0.25, -0.2) is 0 Å². The summed E-state index contributed by atoms with van der Waals surface area (Å²) < 4.78 is 0.696. The fourth-order valence-electron chi connectivity index (χ4n) is 2.49. The lowest BCUT2D eigenvalue weighted by Gasteiger charge is -2.28. The minimum absolute atomic E-state index is 0.0448. The van der Waals surface area contributed by atoms with E-state index in [2.05, 4.69) is 10.1 Å². The standard InChI is InChI=1S/C17H18ClN3O2S/c1-11(2)21(10-12-5-3-4-8-19-12)17(22)14-9-13(20-23-14)15-6-7-16(18)24-15/h3-8,11,14H,9-10H2,1-2H3. The second kappa shape index (κ2) is 7.32. The van der Waals surface area contributed by atoms with Gasteiger partial charge in [0, 0.05) is 18.7 Å². The maximum Gasteiger partial charge on any atom is 0.267 e. The van der Waals surface area contributed by atoms with E-state index in [9.17, 15) is 4.79 Å². The summed E-state index contributed by atoms with van der Waals surface area (Å²) in [7, 11) is 0. The number of aromatic nitrogens is 1. The summed E-state index contributed by atoms with van der Waals surface area (Å²) >= 11 is 7.40. The van der Waals surface area contributed by atoms with Crippen LogP contribution in [0, 0.1) is 0 Å². The van der Waals surface area contributed by atoms with Crippen LogP contribution in [0.25, 0.3) is 0 Å². The van der Waals surface area contributed by atoms with E-state index < -0.39 is 6.10 Å². The minimum Gasteiger partial charge on any atom is -0.382 e. The molecule has 7 heteroatoms. The molecule has 1 atom stereocenters. The van der Waals surface area contributed by atoms with Crippen molar-refractivity contribution in [1.29, 1.82) is 0 Å². The Labute approximate surface area is 149 Å². The molecule has 0 saturated carbocycles. The zero-order valence-corrected chi connectivity index (χ0v) is 15.0. The summed E-state index contributed by atoms with van der Waals surface area (Å²) in [6.45, 7) is 4.42. The van der Waals surface area contributed by atoms with E-state index in [4.69, 9.17) is 16.4 Å². The van der Waals surface area contributed by atoms with E-state index in [1.54, 1.807) is 11.1 Å². The average Bonchev–Trinajstić information content (AvgIpc) is 3.21. The second-order valence-electron chi connectivity index (χ2n) is 5.82. The van der Waals surface area contributed by atoms with Crippen LogP contribution in [-0.4, -0.2) is 33.6 Å². The lowest BCUT2D eigenvalue weighted by atomic mass is 10.1. The van der Waals surface area contributed by atoms with Crippen molar-refractivity contribution in [1.82, 2.24) is 9.88 Å². The van der Waals surface area contributed by atoms with Gasteiger partial charge in [0.15, 0.2) is 0 Å². The van der Waals surface area contributed by atoms with E-state index in [0.29, 0.717) is 17.3 Å². The fraction of sp³-hybridized carbons (Fsp3) is 0.353. The normalized spacial score (nSPS) is 16.8. The molecule has 5 nitrogen and oxygen atoms in total. The number of thiophene rings is 1. The van der Waals surface area contributed by atoms with Crippen LogP contribution in [0.3, 0.4) is 0 Å². The first-order chi connectivity index (χ1) is 11.5. The third-order valence-electron chi connectivity index (χ3n) is 3.77. The Morgan fingerprint density at radius 2 is 2.25 bits per heavy atom. The highest BCUT2D eigenvalue weighted by Crippen LogP contribution is 2.27. The Morgan fingerprint density at radius 3 is 2.88 bits per heavy atom. The van der Waals surface area contributed by atoms with Crippen molar-refractivity contribution in [3.63, 3.8) is 0 Å². The first kappa shape index (κ1) is 16.9. The molecular formula is C17H18ClN3O2S. The molecule has 3 heterocycles. The van der Waals surface area contributed by atoms with Gasteiger partial charge in [0.2, 0.25) is 6.10 Å². The molecule has 0 spiro atoms. The molecule has 0 fully saturated rings. The van der Waals surface area contributed by atoms with E-state index in [-0.39, 0.29) is 11.9 Å². The number of nitrogens with zero attached hydrogens (tertiary/aromatic N) is 3. The molecule has 0 N–H and O–H groups in total. The molecule has 1 amide bonds. The van der Waals surface area contributed by atoms with Crippen LogP contribution in [0.15, 0.2) is 41.7 Å². The van der Waals surface area contributed by atoms with Gasteiger partial charge in [-0.2, -0.15) is 0 Å². The summed E-state index contributed by atoms with van der Waals surface area (Å²) in [6.07, 6.45) is 1.60. The maximum absolute atomic E-state index is 12.9. The number of pyridine rings is 1. The number of carbonyl (C=O) groups excluding carboxylic acids is 1. The van der Waals surface area contributed by atoms with Crippen molar-refractivity contribution >= 4 is 34.6 Å². The number of amides is 1. The molecule has 126 valence electrons. The molecule has 2 aromatic heterocycles. The summed E-state index contributed by atoms with van der Waals surface area (Å²) in [6, 6.07) is 9.45. The molecule has 0 aliphatic carbocycles. The van der Waals surface area contributed by atoms with E-state index in [1.807, 2.05) is 44.2 Å². The zero-order valence-electron chi connectivity index (χ0n) is 13.5. The number of rotatable bonds is 5. The fourth-order valence-corrected chi connectivity index (χ4v) is 3.52. The van der Waals surface area contributed by atoms with Crippen molar-refractivity contribution in [3.05, 3.63) is 51.4 Å². The van der Waals surface area contributed by atoms with Gasteiger partial charge >= 0.3 is 0 Å². The van der Waals surface area contributed by atoms with E-state index in [0.717, 1.165) is 16.3 Å². The molecule has 1 aliphatic heterocycles. The molecule has 0 radical (unpaired) electrons. The van der Waals surface area contributed by atoms with Gasteiger partial charge in [0.25, 0.3) is 5.91 Å². The third-order valence-corrected chi connectivity index (χ3v) is 5.05. The molecule has 24 heavy (non-hydrogen) atoms. The molecule has 0 aromatic carbocycles. The molecule has 3 rings (SSSR count). The zero-order chi connectivity index (χ0) is 17.1. The monoisotopic (exact) mass is 363 g/mol. The SMILES string of the molecule is CC(C)N(Cc1ccccn1)C(=O)C1CC(c2ccc(Cl)s2)=NO1. The van der Waals surface area contributed by atoms with Crippen molar-refractivity contribution in [3.8, 4) is 0 Å². The van der Waals surface area contributed by atoms with Gasteiger partial charge in [0.1, 0.15) is 5.71 Å². The second-order valence-corrected chi connectivity index (χ2v) is 7.54. The number of carbonyl (C=O) groups is 1. The Morgan fingerprint density at radius 1 is 1.42 bits per heavy atom. The Kier molecular flexibility index (Phi) is 5.16. The minimum atomic E-state index is -0.591. The molecule has 1 aliphatic rings. The van der Waals surface area contributed by atoms with Gasteiger partial charge < -0.3 is 9.74 Å². The average molecular weight is 364 g/mol. The highest BCUT2D eigenvalue weighted by molar-refractivity contribution is 7.18. The smallest absolute Gasteiger partial charge is 0.267 e. The molecular weight excluding hydrogens is 346 g/mol. The summed E-state index contributed by atoms with van der Waals surface area (Å²) in [5, 5.41) is 4.08. The van der Waals surface area contributed by atoms with Gasteiger partial charge in [-0.05, 0) is 38.1 Å². The number of oxime groups is 1. The summed E-state index contributed by atoms with van der Waals surface area (Å²) in [5.74, 6) is -0.0722. The predicted octanol–water partition coefficient (Wildman–Crippen LogP) is 3.73. The van der Waals surface area contributed by atoms with Crippen LogP contribution < -0.4 is 0 Å². The van der Waals surface area contributed by atoms with Crippen molar-refractivity contribution in [2.45, 2.75) is 39.0 Å². The molecule has 0 saturated heterocycles. The summed E-state index contributed by atoms with van der Waals surface area (Å²) in [4.78, 5) is 25.3. The van der Waals surface area contributed by atoms with E-state index >= 15 is 0 Å². The molecule has 0 bridgehead atoms. The molecule has 1 unspecified atom stereocenters. The van der Waals surface area contributed by atoms with Crippen LogP contribution in [0.2, 0.25) is 4.34 Å². The van der Waals surface area contributed by atoms with E-state index in [1.165, 1.54) is 11.3 Å². The van der Waals surface area contributed by atoms with Gasteiger partial charge in [-0.3, -0.25) is 9.78 Å². The van der Waals surface area contributed by atoms with Crippen LogP contribution in [0.1, 0.15) is 30.8 Å². The largest absolute Gasteiger partial charge is 0.382 e. The van der Waals surface area contributed by atoms with Crippen molar-refractivity contribution in [2.75, 3.05) is 0 Å².